The van der Waals surface area contributed by atoms with Crippen molar-refractivity contribution < 1.29 is 23.9 Å². The first-order valence-corrected chi connectivity index (χ1v) is 15.4. The molecule has 1 unspecified atom stereocenters. The smallest absolute Gasteiger partial charge is 0.272 e. The third kappa shape index (κ3) is 8.75. The van der Waals surface area contributed by atoms with Gasteiger partial charge in [0.1, 0.15) is 5.70 Å². The Balaban J connectivity index is 1.54. The first-order valence-electron chi connectivity index (χ1n) is 13.7. The number of hydrogen-bond donors (Lipinski definition) is 3. The summed E-state index contributed by atoms with van der Waals surface area (Å²) >= 11 is 4.87. The maximum atomic E-state index is 13.6. The fourth-order valence-electron chi connectivity index (χ4n) is 4.16. The number of ether oxygens (including phenoxy) is 2. The summed E-state index contributed by atoms with van der Waals surface area (Å²) in [6.07, 6.45) is 2.16. The van der Waals surface area contributed by atoms with E-state index < -0.39 is 11.8 Å². The maximum absolute atomic E-state index is 13.6. The van der Waals surface area contributed by atoms with Crippen LogP contribution in [0.25, 0.3) is 6.08 Å². The molecule has 0 spiro atoms. The Hall–Kier alpha value is -4.54. The Kier molecular flexibility index (Phi) is 11.6. The van der Waals surface area contributed by atoms with Crippen LogP contribution in [0.1, 0.15) is 29.3 Å². The molecule has 0 fully saturated rings. The summed E-state index contributed by atoms with van der Waals surface area (Å²) in [7, 11) is 3.06. The van der Waals surface area contributed by atoms with Crippen LogP contribution < -0.4 is 25.4 Å². The Bertz CT molecular complexity index is 1660. The number of methoxy groups -OCH3 is 2. The average molecular weight is 675 g/mol. The number of carbonyl (C=O) groups excluding carboxylic acids is 3. The van der Waals surface area contributed by atoms with Gasteiger partial charge in [-0.15, -0.1) is 11.8 Å². The van der Waals surface area contributed by atoms with Crippen LogP contribution in [-0.4, -0.2) is 37.2 Å². The van der Waals surface area contributed by atoms with Gasteiger partial charge in [0.25, 0.3) is 11.8 Å². The second-order valence-corrected chi connectivity index (χ2v) is 11.6. The van der Waals surface area contributed by atoms with Crippen molar-refractivity contribution in [1.29, 1.82) is 0 Å². The Morgan fingerprint density at radius 2 is 1.57 bits per heavy atom. The quantitative estimate of drug-likeness (QED) is 0.107. The van der Waals surface area contributed by atoms with E-state index >= 15 is 0 Å². The molecule has 3 N–H and O–H groups in total. The number of hydrogen-bond acceptors (Lipinski definition) is 6. The molecule has 0 aromatic heterocycles. The van der Waals surface area contributed by atoms with Crippen LogP contribution in [0.5, 0.6) is 11.5 Å². The van der Waals surface area contributed by atoms with Gasteiger partial charge in [-0.25, -0.2) is 0 Å². The largest absolute Gasteiger partial charge is 0.493 e. The lowest BCUT2D eigenvalue weighted by molar-refractivity contribution is -0.116. The van der Waals surface area contributed by atoms with E-state index in [9.17, 15) is 14.4 Å². The molecule has 44 heavy (non-hydrogen) atoms. The number of halogens is 1. The zero-order valence-electron chi connectivity index (χ0n) is 24.4. The number of amides is 3. The molecule has 226 valence electrons. The number of anilines is 2. The van der Waals surface area contributed by atoms with E-state index in [1.165, 1.54) is 26.0 Å². The van der Waals surface area contributed by atoms with E-state index in [1.807, 2.05) is 43.3 Å². The average Bonchev–Trinajstić information content (AvgIpc) is 3.04. The predicted molar refractivity (Wildman–Crippen MR) is 179 cm³/mol. The number of thioether (sulfide) groups is 1. The molecule has 0 aliphatic carbocycles. The van der Waals surface area contributed by atoms with Gasteiger partial charge in [0.2, 0.25) is 5.91 Å². The third-order valence-electron chi connectivity index (χ3n) is 6.41. The number of nitrogens with one attached hydrogen (secondary N) is 3. The summed E-state index contributed by atoms with van der Waals surface area (Å²) in [5.41, 5.74) is 2.26. The number of carbonyl (C=O) groups is 3. The molecule has 4 rings (SSSR count). The van der Waals surface area contributed by atoms with Crippen LogP contribution in [0.15, 0.2) is 112 Å². The fourth-order valence-corrected chi connectivity index (χ4v) is 5.56. The van der Waals surface area contributed by atoms with Gasteiger partial charge in [0.15, 0.2) is 11.5 Å². The standard InChI is InChI=1S/C34H32BrN3O5S/c1-4-31(34(41)37-27-16-9-8-15-26(27)35)44-25-14-10-13-24(21-25)36-33(40)28(38-32(39)23-11-6-5-7-12-23)19-22-17-18-29(42-2)30(20-22)43-3/h5-21,31H,4H2,1-3H3,(H,36,40)(H,37,41)(H,38,39)/b28-19+. The molecule has 0 heterocycles. The lowest BCUT2D eigenvalue weighted by Crippen LogP contribution is -2.30. The van der Waals surface area contributed by atoms with E-state index in [0.29, 0.717) is 40.4 Å². The molecule has 1 atom stereocenters. The van der Waals surface area contributed by atoms with Crippen LogP contribution in [-0.2, 0) is 9.59 Å². The summed E-state index contributed by atoms with van der Waals surface area (Å²) in [5, 5.41) is 8.23. The highest BCUT2D eigenvalue weighted by atomic mass is 79.9. The van der Waals surface area contributed by atoms with Gasteiger partial charge in [-0.05, 0) is 88.6 Å². The maximum Gasteiger partial charge on any atom is 0.272 e. The Morgan fingerprint density at radius 1 is 0.841 bits per heavy atom. The van der Waals surface area contributed by atoms with Crippen molar-refractivity contribution in [3.05, 3.63) is 118 Å². The fraction of sp³-hybridized carbons (Fsp3) is 0.147. The zero-order valence-corrected chi connectivity index (χ0v) is 26.8. The monoisotopic (exact) mass is 673 g/mol. The van der Waals surface area contributed by atoms with Crippen molar-refractivity contribution in [3.63, 3.8) is 0 Å². The molecule has 4 aromatic rings. The third-order valence-corrected chi connectivity index (χ3v) is 8.46. The molecule has 4 aromatic carbocycles. The molecule has 3 amide bonds. The van der Waals surface area contributed by atoms with Crippen LogP contribution in [0, 0.1) is 0 Å². The topological polar surface area (TPSA) is 106 Å². The molecule has 0 aliphatic heterocycles. The summed E-state index contributed by atoms with van der Waals surface area (Å²) in [6, 6.07) is 28.5. The van der Waals surface area contributed by atoms with E-state index in [0.717, 1.165) is 9.37 Å². The first-order chi connectivity index (χ1) is 21.3. The van der Waals surface area contributed by atoms with Gasteiger partial charge in [0, 0.05) is 20.6 Å². The Morgan fingerprint density at radius 3 is 2.27 bits per heavy atom. The van der Waals surface area contributed by atoms with E-state index in [-0.39, 0.29) is 16.9 Å². The lowest BCUT2D eigenvalue weighted by Gasteiger charge is -2.16. The van der Waals surface area contributed by atoms with Gasteiger partial charge >= 0.3 is 0 Å². The SMILES string of the molecule is CCC(Sc1cccc(NC(=O)/C(=C\c2ccc(OC)c(OC)c2)NC(=O)c2ccccc2)c1)C(=O)Nc1ccccc1Br. The number of benzene rings is 4. The highest BCUT2D eigenvalue weighted by Gasteiger charge is 2.20. The minimum absolute atomic E-state index is 0.0309. The number of rotatable bonds is 12. The van der Waals surface area contributed by atoms with Crippen LogP contribution in [0.4, 0.5) is 11.4 Å². The molecule has 0 radical (unpaired) electrons. The highest BCUT2D eigenvalue weighted by Crippen LogP contribution is 2.31. The lowest BCUT2D eigenvalue weighted by atomic mass is 10.1. The normalized spacial score (nSPS) is 11.7. The Labute approximate surface area is 269 Å². The second kappa shape index (κ2) is 15.8. The molecule has 0 saturated carbocycles. The van der Waals surface area contributed by atoms with Crippen molar-refractivity contribution in [2.75, 3.05) is 24.9 Å². The molecular weight excluding hydrogens is 642 g/mol. The predicted octanol–water partition coefficient (Wildman–Crippen LogP) is 7.39. The van der Waals surface area contributed by atoms with Crippen molar-refractivity contribution in [3.8, 4) is 11.5 Å². The van der Waals surface area contributed by atoms with E-state index in [4.69, 9.17) is 9.47 Å². The molecule has 8 nitrogen and oxygen atoms in total. The molecular formula is C34H32BrN3O5S. The van der Waals surface area contributed by atoms with Crippen LogP contribution in [0.3, 0.4) is 0 Å². The summed E-state index contributed by atoms with van der Waals surface area (Å²) in [6.45, 7) is 1.95. The highest BCUT2D eigenvalue weighted by molar-refractivity contribution is 9.10. The minimum Gasteiger partial charge on any atom is -0.493 e. The van der Waals surface area contributed by atoms with Gasteiger partial charge in [-0.3, -0.25) is 14.4 Å². The summed E-state index contributed by atoms with van der Waals surface area (Å²) in [5.74, 6) is -0.0609. The number of para-hydroxylation sites is 1. The van der Waals surface area contributed by atoms with Gasteiger partial charge in [-0.1, -0.05) is 49.4 Å². The second-order valence-electron chi connectivity index (χ2n) is 9.46. The van der Waals surface area contributed by atoms with Crippen molar-refractivity contribution in [2.45, 2.75) is 23.5 Å². The van der Waals surface area contributed by atoms with Gasteiger partial charge in [-0.2, -0.15) is 0 Å². The van der Waals surface area contributed by atoms with Crippen molar-refractivity contribution in [2.24, 2.45) is 0 Å². The van der Waals surface area contributed by atoms with Crippen molar-refractivity contribution >= 4 is 62.9 Å². The minimum atomic E-state index is -0.523. The van der Waals surface area contributed by atoms with E-state index in [1.54, 1.807) is 66.7 Å². The first kappa shape index (κ1) is 32.4. The van der Waals surface area contributed by atoms with Crippen molar-refractivity contribution in [1.82, 2.24) is 5.32 Å². The molecule has 0 aliphatic rings. The van der Waals surface area contributed by atoms with Crippen LogP contribution >= 0.6 is 27.7 Å². The summed E-state index contributed by atoms with van der Waals surface area (Å²) in [4.78, 5) is 40.4. The van der Waals surface area contributed by atoms with Gasteiger partial charge < -0.3 is 25.4 Å². The molecule has 10 heteroatoms. The molecule has 0 saturated heterocycles. The molecule has 0 bridgehead atoms. The van der Waals surface area contributed by atoms with Gasteiger partial charge in [0.05, 0.1) is 25.2 Å². The summed E-state index contributed by atoms with van der Waals surface area (Å²) < 4.78 is 11.5. The van der Waals surface area contributed by atoms with Crippen LogP contribution in [0.2, 0.25) is 0 Å². The zero-order chi connectivity index (χ0) is 31.5. The van der Waals surface area contributed by atoms with E-state index in [2.05, 4.69) is 31.9 Å².